The Labute approximate surface area is 171 Å². The molecule has 1 aliphatic rings. The van der Waals surface area contributed by atoms with Gasteiger partial charge in [-0.25, -0.2) is 13.6 Å². The Morgan fingerprint density at radius 1 is 1.23 bits per heavy atom. The van der Waals surface area contributed by atoms with E-state index in [9.17, 15) is 13.6 Å². The fourth-order valence-corrected chi connectivity index (χ4v) is 3.42. The van der Waals surface area contributed by atoms with Crippen LogP contribution >= 0.6 is 0 Å². The van der Waals surface area contributed by atoms with Gasteiger partial charge in [0.05, 0.1) is 5.69 Å². The van der Waals surface area contributed by atoms with Crippen LogP contribution in [0.5, 0.6) is 5.75 Å². The zero-order chi connectivity index (χ0) is 21.3. The van der Waals surface area contributed by atoms with E-state index in [0.717, 1.165) is 0 Å². The van der Waals surface area contributed by atoms with Gasteiger partial charge in [0.1, 0.15) is 17.1 Å². The van der Waals surface area contributed by atoms with Crippen molar-refractivity contribution >= 4 is 16.7 Å². The van der Waals surface area contributed by atoms with Gasteiger partial charge in [0.25, 0.3) is 0 Å². The number of dihydropyridines is 1. The fourth-order valence-electron chi connectivity index (χ4n) is 3.42. The number of anilines is 1. The lowest BCUT2D eigenvalue weighted by atomic mass is 9.99. The van der Waals surface area contributed by atoms with Crippen molar-refractivity contribution < 1.29 is 17.9 Å². The molecule has 5 nitrogen and oxygen atoms in total. The minimum atomic E-state index is -0.546. The van der Waals surface area contributed by atoms with Crippen LogP contribution in [0.2, 0.25) is 0 Å². The largest absolute Gasteiger partial charge is 0.438 e. The van der Waals surface area contributed by atoms with Crippen LogP contribution in [-0.4, -0.2) is 13.6 Å². The SMILES string of the molecule is CNc1cccc(Cc2c(C)c3ccc(OC4=C(F)C=CCN4)cc3oc2=O)c1F. The number of fused-ring (bicyclic) bond motifs is 1. The normalized spacial score (nSPS) is 13.5. The van der Waals surface area contributed by atoms with Crippen molar-refractivity contribution in [3.8, 4) is 5.75 Å². The Bertz CT molecular complexity index is 1250. The van der Waals surface area contributed by atoms with Gasteiger partial charge in [-0.2, -0.15) is 0 Å². The first kappa shape index (κ1) is 19.7. The third kappa shape index (κ3) is 3.66. The minimum Gasteiger partial charge on any atom is -0.438 e. The molecule has 4 rings (SSSR count). The lowest BCUT2D eigenvalue weighted by Crippen LogP contribution is -2.21. The van der Waals surface area contributed by atoms with Gasteiger partial charge in [0.15, 0.2) is 5.83 Å². The minimum absolute atomic E-state index is 0.00688. The summed E-state index contributed by atoms with van der Waals surface area (Å²) in [5, 5.41) is 6.30. The molecule has 0 radical (unpaired) electrons. The molecule has 0 atom stereocenters. The van der Waals surface area contributed by atoms with Crippen molar-refractivity contribution in [2.45, 2.75) is 13.3 Å². The van der Waals surface area contributed by atoms with Crippen LogP contribution in [0.3, 0.4) is 0 Å². The summed E-state index contributed by atoms with van der Waals surface area (Å²) in [7, 11) is 1.64. The summed E-state index contributed by atoms with van der Waals surface area (Å²) in [6.07, 6.45) is 3.07. The van der Waals surface area contributed by atoms with Gasteiger partial charge in [-0.05, 0) is 42.3 Å². The monoisotopic (exact) mass is 410 g/mol. The topological polar surface area (TPSA) is 63.5 Å². The van der Waals surface area contributed by atoms with E-state index in [0.29, 0.717) is 45.6 Å². The number of halogens is 2. The molecule has 1 aromatic heterocycles. The molecule has 0 spiro atoms. The van der Waals surface area contributed by atoms with Crippen LogP contribution in [0.25, 0.3) is 11.0 Å². The highest BCUT2D eigenvalue weighted by atomic mass is 19.1. The second kappa shape index (κ2) is 8.02. The lowest BCUT2D eigenvalue weighted by molar-refractivity contribution is 0.359. The molecular weight excluding hydrogens is 390 g/mol. The molecule has 2 heterocycles. The highest BCUT2D eigenvalue weighted by Crippen LogP contribution is 2.28. The van der Waals surface area contributed by atoms with E-state index in [2.05, 4.69) is 10.6 Å². The van der Waals surface area contributed by atoms with Crippen LogP contribution in [0.4, 0.5) is 14.5 Å². The molecule has 2 aromatic carbocycles. The maximum absolute atomic E-state index is 14.6. The molecule has 1 aliphatic heterocycles. The summed E-state index contributed by atoms with van der Waals surface area (Å²) in [6, 6.07) is 9.95. The number of hydrogen-bond acceptors (Lipinski definition) is 5. The van der Waals surface area contributed by atoms with Gasteiger partial charge in [-0.15, -0.1) is 0 Å². The number of rotatable bonds is 5. The average molecular weight is 410 g/mol. The zero-order valence-corrected chi connectivity index (χ0v) is 16.5. The summed E-state index contributed by atoms with van der Waals surface area (Å²) in [6.45, 7) is 2.25. The molecule has 0 saturated carbocycles. The molecule has 0 amide bonds. The Morgan fingerprint density at radius 2 is 2.07 bits per heavy atom. The summed E-state index contributed by atoms with van der Waals surface area (Å²) >= 11 is 0. The van der Waals surface area contributed by atoms with E-state index in [1.807, 2.05) is 0 Å². The van der Waals surface area contributed by atoms with Crippen molar-refractivity contribution in [3.63, 3.8) is 0 Å². The summed E-state index contributed by atoms with van der Waals surface area (Å²) in [4.78, 5) is 12.6. The van der Waals surface area contributed by atoms with Gasteiger partial charge in [0, 0.05) is 37.0 Å². The molecule has 2 N–H and O–H groups in total. The molecular formula is C23H20F2N2O3. The van der Waals surface area contributed by atoms with Crippen LogP contribution in [0.1, 0.15) is 16.7 Å². The predicted molar refractivity (Wildman–Crippen MR) is 112 cm³/mol. The second-order valence-electron chi connectivity index (χ2n) is 6.92. The van der Waals surface area contributed by atoms with E-state index in [1.165, 1.54) is 12.1 Å². The number of benzene rings is 2. The number of allylic oxidation sites excluding steroid dienone is 2. The average Bonchev–Trinajstić information content (AvgIpc) is 2.73. The van der Waals surface area contributed by atoms with Crippen LogP contribution in [0, 0.1) is 12.7 Å². The molecule has 0 fully saturated rings. The van der Waals surface area contributed by atoms with Crippen molar-refractivity contribution in [2.24, 2.45) is 0 Å². The number of nitrogens with one attached hydrogen (secondary N) is 2. The molecule has 30 heavy (non-hydrogen) atoms. The van der Waals surface area contributed by atoms with Crippen molar-refractivity contribution in [2.75, 3.05) is 18.9 Å². The highest BCUT2D eigenvalue weighted by molar-refractivity contribution is 5.82. The first-order valence-electron chi connectivity index (χ1n) is 9.47. The predicted octanol–water partition coefficient (Wildman–Crippen LogP) is 4.55. The zero-order valence-electron chi connectivity index (χ0n) is 16.5. The quantitative estimate of drug-likeness (QED) is 0.605. The molecule has 7 heteroatoms. The second-order valence-corrected chi connectivity index (χ2v) is 6.92. The van der Waals surface area contributed by atoms with Gasteiger partial charge < -0.3 is 19.8 Å². The number of aryl methyl sites for hydroxylation is 1. The van der Waals surface area contributed by atoms with Crippen LogP contribution in [0.15, 0.2) is 69.5 Å². The van der Waals surface area contributed by atoms with Gasteiger partial charge >= 0.3 is 5.63 Å². The van der Waals surface area contributed by atoms with Gasteiger partial charge in [0.2, 0.25) is 5.88 Å². The first-order valence-corrected chi connectivity index (χ1v) is 9.47. The third-order valence-corrected chi connectivity index (χ3v) is 5.06. The fraction of sp³-hybridized carbons (Fsp3) is 0.174. The van der Waals surface area contributed by atoms with Gasteiger partial charge in [-0.3, -0.25) is 0 Å². The molecule has 154 valence electrons. The molecule has 0 bridgehead atoms. The van der Waals surface area contributed by atoms with E-state index < -0.39 is 17.3 Å². The first-order chi connectivity index (χ1) is 14.5. The maximum atomic E-state index is 14.6. The Hall–Kier alpha value is -3.61. The number of ether oxygens (including phenoxy) is 1. The third-order valence-electron chi connectivity index (χ3n) is 5.06. The number of hydrogen-bond donors (Lipinski definition) is 2. The van der Waals surface area contributed by atoms with E-state index >= 15 is 0 Å². The van der Waals surface area contributed by atoms with Crippen molar-refractivity contribution in [3.05, 3.63) is 93.2 Å². The van der Waals surface area contributed by atoms with Gasteiger partial charge in [-0.1, -0.05) is 18.2 Å². The van der Waals surface area contributed by atoms with E-state index in [-0.39, 0.29) is 12.3 Å². The standard InChI is InChI=1S/C23H20F2N2O3/c1-13-16-9-8-15(29-22-18(24)6-4-10-27-22)12-20(16)30-23(28)17(13)11-14-5-3-7-19(26-2)21(14)25/h3-9,12,26-27H,10-11H2,1-2H3. The smallest absolute Gasteiger partial charge is 0.340 e. The Morgan fingerprint density at radius 3 is 2.83 bits per heavy atom. The summed E-state index contributed by atoms with van der Waals surface area (Å²) in [5.74, 6) is -0.571. The van der Waals surface area contributed by atoms with Crippen molar-refractivity contribution in [1.29, 1.82) is 0 Å². The maximum Gasteiger partial charge on any atom is 0.340 e. The summed E-state index contributed by atoms with van der Waals surface area (Å²) < 4.78 is 39.4. The van der Waals surface area contributed by atoms with Crippen LogP contribution in [-0.2, 0) is 6.42 Å². The van der Waals surface area contributed by atoms with E-state index in [1.54, 1.807) is 50.4 Å². The van der Waals surface area contributed by atoms with E-state index in [4.69, 9.17) is 9.15 Å². The molecule has 3 aromatic rings. The molecule has 0 aliphatic carbocycles. The Kier molecular flexibility index (Phi) is 5.27. The lowest BCUT2D eigenvalue weighted by Gasteiger charge is -2.15. The summed E-state index contributed by atoms with van der Waals surface area (Å²) in [5.41, 5.74) is 1.62. The highest BCUT2D eigenvalue weighted by Gasteiger charge is 2.17. The molecule has 0 unspecified atom stereocenters. The molecule has 0 saturated heterocycles. The van der Waals surface area contributed by atoms with Crippen molar-refractivity contribution in [1.82, 2.24) is 5.32 Å². The Balaban J connectivity index is 1.70. The van der Waals surface area contributed by atoms with Crippen LogP contribution < -0.4 is 21.0 Å².